The second-order valence-corrected chi connectivity index (χ2v) is 6.49. The molecule has 1 amide bonds. The first-order valence-corrected chi connectivity index (χ1v) is 8.69. The predicted octanol–water partition coefficient (Wildman–Crippen LogP) is 5.53. The van der Waals surface area contributed by atoms with E-state index in [1.807, 2.05) is 49.4 Å². The van der Waals surface area contributed by atoms with Crippen molar-refractivity contribution in [3.63, 3.8) is 0 Å². The van der Waals surface area contributed by atoms with E-state index in [-0.39, 0.29) is 15.9 Å². The van der Waals surface area contributed by atoms with Crippen LogP contribution in [0.3, 0.4) is 0 Å². The lowest BCUT2D eigenvalue weighted by Gasteiger charge is -2.14. The van der Waals surface area contributed by atoms with Crippen molar-refractivity contribution in [3.05, 3.63) is 87.7 Å². The molecule has 1 heterocycles. The highest BCUT2D eigenvalue weighted by atomic mass is 35.5. The Labute approximate surface area is 161 Å². The van der Waals surface area contributed by atoms with Gasteiger partial charge in [-0.15, -0.1) is 0 Å². The van der Waals surface area contributed by atoms with Gasteiger partial charge in [0.05, 0.1) is 10.7 Å². The quantitative estimate of drug-likeness (QED) is 0.586. The van der Waals surface area contributed by atoms with Crippen LogP contribution < -0.4 is 10.1 Å². The number of carbonyl (C=O) groups excluding carboxylic acids is 1. The summed E-state index contributed by atoms with van der Waals surface area (Å²) in [5, 5.41) is 3.21. The highest BCUT2D eigenvalue weighted by Crippen LogP contribution is 2.28. The molecule has 0 saturated heterocycles. The number of ether oxygens (including phenoxy) is 1. The van der Waals surface area contributed by atoms with E-state index in [0.717, 1.165) is 11.1 Å². The zero-order chi connectivity index (χ0) is 18.5. The van der Waals surface area contributed by atoms with Gasteiger partial charge in [0.2, 0.25) is 0 Å². The van der Waals surface area contributed by atoms with Crippen LogP contribution in [0.2, 0.25) is 10.2 Å². The second kappa shape index (κ2) is 8.21. The fraction of sp³-hybridized carbons (Fsp3) is 0.100. The Kier molecular flexibility index (Phi) is 5.76. The Hall–Kier alpha value is -2.56. The van der Waals surface area contributed by atoms with Crippen molar-refractivity contribution in [3.8, 4) is 5.75 Å². The average molecular weight is 387 g/mol. The summed E-state index contributed by atoms with van der Waals surface area (Å²) in [7, 11) is 0. The summed E-state index contributed by atoms with van der Waals surface area (Å²) in [4.78, 5) is 16.5. The van der Waals surface area contributed by atoms with Gasteiger partial charge in [0, 0.05) is 0 Å². The number of amides is 1. The maximum atomic E-state index is 12.5. The van der Waals surface area contributed by atoms with Crippen LogP contribution in [0.5, 0.6) is 5.75 Å². The monoisotopic (exact) mass is 386 g/mol. The zero-order valence-corrected chi connectivity index (χ0v) is 15.5. The van der Waals surface area contributed by atoms with Crippen molar-refractivity contribution in [2.24, 2.45) is 0 Å². The van der Waals surface area contributed by atoms with E-state index in [4.69, 9.17) is 27.9 Å². The Morgan fingerprint density at radius 1 is 1.08 bits per heavy atom. The van der Waals surface area contributed by atoms with E-state index in [0.29, 0.717) is 18.0 Å². The van der Waals surface area contributed by atoms with Crippen LogP contribution in [0.25, 0.3) is 0 Å². The van der Waals surface area contributed by atoms with E-state index >= 15 is 0 Å². The number of benzene rings is 2. The van der Waals surface area contributed by atoms with Crippen LogP contribution in [-0.4, -0.2) is 10.9 Å². The molecule has 2 aromatic carbocycles. The molecule has 0 aliphatic heterocycles. The summed E-state index contributed by atoms with van der Waals surface area (Å²) in [6.45, 7) is 2.35. The zero-order valence-electron chi connectivity index (χ0n) is 14.0. The predicted molar refractivity (Wildman–Crippen MR) is 104 cm³/mol. The largest absolute Gasteiger partial charge is 0.487 e. The van der Waals surface area contributed by atoms with Crippen LogP contribution in [0, 0.1) is 6.92 Å². The molecule has 3 aromatic rings. The molecule has 0 radical (unpaired) electrons. The number of halogens is 2. The van der Waals surface area contributed by atoms with Gasteiger partial charge in [-0.05, 0) is 42.3 Å². The van der Waals surface area contributed by atoms with Gasteiger partial charge in [-0.25, -0.2) is 4.98 Å². The van der Waals surface area contributed by atoms with Gasteiger partial charge < -0.3 is 10.1 Å². The van der Waals surface area contributed by atoms with Gasteiger partial charge in [0.15, 0.2) is 0 Å². The first-order chi connectivity index (χ1) is 12.5. The van der Waals surface area contributed by atoms with Gasteiger partial charge >= 0.3 is 0 Å². The van der Waals surface area contributed by atoms with Crippen LogP contribution in [0.4, 0.5) is 5.69 Å². The molecule has 1 aromatic heterocycles. The molecular weight excluding hydrogens is 371 g/mol. The molecule has 0 bridgehead atoms. The maximum Gasteiger partial charge on any atom is 0.275 e. The molecule has 6 heteroatoms. The van der Waals surface area contributed by atoms with Gasteiger partial charge in [-0.1, -0.05) is 59.6 Å². The number of aryl methyl sites for hydroxylation is 1. The van der Waals surface area contributed by atoms with Crippen molar-refractivity contribution >= 4 is 34.8 Å². The van der Waals surface area contributed by atoms with Crippen molar-refractivity contribution in [1.82, 2.24) is 4.98 Å². The highest BCUT2D eigenvalue weighted by molar-refractivity contribution is 6.35. The Bertz CT molecular complexity index is 930. The molecule has 0 saturated carbocycles. The lowest BCUT2D eigenvalue weighted by Crippen LogP contribution is -2.15. The van der Waals surface area contributed by atoms with Crippen molar-refractivity contribution in [2.75, 3.05) is 5.32 Å². The standard InChI is InChI=1S/C20H16Cl2N2O2/c1-13-7-9-16(17(11-13)26-12-14-5-3-2-4-6-14)23-20(25)19-15(21)8-10-18(22)24-19/h2-11H,12H2,1H3,(H,23,25). The van der Waals surface area contributed by atoms with Gasteiger partial charge in [-0.2, -0.15) is 0 Å². The average Bonchev–Trinajstić information content (AvgIpc) is 2.64. The molecule has 3 rings (SSSR count). The van der Waals surface area contributed by atoms with Crippen molar-refractivity contribution in [2.45, 2.75) is 13.5 Å². The van der Waals surface area contributed by atoms with Gasteiger partial charge in [0.1, 0.15) is 23.2 Å². The SMILES string of the molecule is Cc1ccc(NC(=O)c2nc(Cl)ccc2Cl)c(OCc2ccccc2)c1. The van der Waals surface area contributed by atoms with Crippen LogP contribution in [-0.2, 0) is 6.61 Å². The third kappa shape index (κ3) is 4.54. The second-order valence-electron chi connectivity index (χ2n) is 5.69. The number of aromatic nitrogens is 1. The van der Waals surface area contributed by atoms with E-state index in [1.165, 1.54) is 12.1 Å². The molecule has 0 aliphatic rings. The van der Waals surface area contributed by atoms with Crippen LogP contribution in [0.1, 0.15) is 21.6 Å². The first-order valence-electron chi connectivity index (χ1n) is 7.94. The van der Waals surface area contributed by atoms with Gasteiger partial charge in [0.25, 0.3) is 5.91 Å². The van der Waals surface area contributed by atoms with Gasteiger partial charge in [-0.3, -0.25) is 4.79 Å². The molecule has 0 fully saturated rings. The molecule has 0 spiro atoms. The summed E-state index contributed by atoms with van der Waals surface area (Å²) in [6, 6.07) is 18.4. The molecule has 132 valence electrons. The fourth-order valence-corrected chi connectivity index (χ4v) is 2.69. The Balaban J connectivity index is 1.81. The molecule has 0 aliphatic carbocycles. The number of hydrogen-bond donors (Lipinski definition) is 1. The Morgan fingerprint density at radius 2 is 1.85 bits per heavy atom. The lowest BCUT2D eigenvalue weighted by molar-refractivity contribution is 0.102. The summed E-state index contributed by atoms with van der Waals surface area (Å²) in [5.41, 5.74) is 2.65. The molecule has 0 unspecified atom stereocenters. The number of hydrogen-bond acceptors (Lipinski definition) is 3. The van der Waals surface area contributed by atoms with Crippen molar-refractivity contribution in [1.29, 1.82) is 0 Å². The lowest BCUT2D eigenvalue weighted by atomic mass is 10.2. The topological polar surface area (TPSA) is 51.2 Å². The summed E-state index contributed by atoms with van der Waals surface area (Å²) in [5.74, 6) is 0.117. The van der Waals surface area contributed by atoms with Crippen molar-refractivity contribution < 1.29 is 9.53 Å². The smallest absolute Gasteiger partial charge is 0.275 e. The number of rotatable bonds is 5. The summed E-state index contributed by atoms with van der Waals surface area (Å²) in [6.07, 6.45) is 0. The molecule has 0 atom stereocenters. The Morgan fingerprint density at radius 3 is 2.62 bits per heavy atom. The third-order valence-corrected chi connectivity index (χ3v) is 4.17. The van der Waals surface area contributed by atoms with Crippen LogP contribution >= 0.6 is 23.2 Å². The number of carbonyl (C=O) groups is 1. The highest BCUT2D eigenvalue weighted by Gasteiger charge is 2.15. The summed E-state index contributed by atoms with van der Waals surface area (Å²) < 4.78 is 5.90. The molecule has 1 N–H and O–H groups in total. The maximum absolute atomic E-state index is 12.5. The van der Waals surface area contributed by atoms with Crippen LogP contribution in [0.15, 0.2) is 60.7 Å². The number of pyridine rings is 1. The minimum atomic E-state index is -0.453. The molecular formula is C20H16Cl2N2O2. The van der Waals surface area contributed by atoms with E-state index < -0.39 is 5.91 Å². The molecule has 26 heavy (non-hydrogen) atoms. The fourth-order valence-electron chi connectivity index (χ4n) is 2.35. The minimum Gasteiger partial charge on any atom is -0.487 e. The minimum absolute atomic E-state index is 0.0637. The third-order valence-electron chi connectivity index (χ3n) is 3.65. The number of nitrogens with one attached hydrogen (secondary N) is 1. The normalized spacial score (nSPS) is 10.4. The summed E-state index contributed by atoms with van der Waals surface area (Å²) >= 11 is 11.9. The number of anilines is 1. The molecule has 4 nitrogen and oxygen atoms in total. The van der Waals surface area contributed by atoms with E-state index in [9.17, 15) is 4.79 Å². The van der Waals surface area contributed by atoms with E-state index in [1.54, 1.807) is 6.07 Å². The number of nitrogens with zero attached hydrogens (tertiary/aromatic N) is 1. The van der Waals surface area contributed by atoms with E-state index in [2.05, 4.69) is 10.3 Å². The first kappa shape index (κ1) is 18.2.